The molecule has 0 aromatic carbocycles. The first kappa shape index (κ1) is 7.43. The number of carbonyl (C=O) groups excluding carboxylic acids is 1. The van der Waals surface area contributed by atoms with Crippen molar-refractivity contribution < 1.29 is 4.79 Å². The number of carbonyl (C=O) groups is 1. The van der Waals surface area contributed by atoms with Gasteiger partial charge in [0.1, 0.15) is 0 Å². The molecule has 1 amide bonds. The van der Waals surface area contributed by atoms with E-state index in [0.717, 1.165) is 13.0 Å². The molecule has 0 bridgehead atoms. The Bertz CT molecular complexity index is 74.8. The Morgan fingerprint density at radius 1 is 1.50 bits per heavy atom. The lowest BCUT2D eigenvalue weighted by Crippen LogP contribution is -2.34. The van der Waals surface area contributed by atoms with E-state index in [-0.39, 0.29) is 0 Å². The van der Waals surface area contributed by atoms with Crippen LogP contribution in [-0.2, 0) is 4.79 Å². The van der Waals surface area contributed by atoms with Crippen LogP contribution in [0, 0.1) is 0 Å². The van der Waals surface area contributed by atoms with Gasteiger partial charge < -0.3 is 0 Å². The highest BCUT2D eigenvalue weighted by molar-refractivity contribution is 5.45. The van der Waals surface area contributed by atoms with Crippen LogP contribution in [0.1, 0.15) is 6.92 Å². The summed E-state index contributed by atoms with van der Waals surface area (Å²) >= 11 is 0. The molecule has 0 aliphatic carbocycles. The van der Waals surface area contributed by atoms with E-state index in [9.17, 15) is 4.79 Å². The van der Waals surface area contributed by atoms with E-state index in [2.05, 4.69) is 0 Å². The lowest BCUT2D eigenvalue weighted by Gasteiger charge is -2.21. The summed E-state index contributed by atoms with van der Waals surface area (Å²) < 4.78 is 0. The normalized spacial score (nSPS) is 9.50. The fourth-order valence-electron chi connectivity index (χ4n) is 0.304. The number of nitrogens with zero attached hydrogens (tertiary/aromatic N) is 2. The predicted octanol–water partition coefficient (Wildman–Crippen LogP) is -0.0587. The topological polar surface area (TPSA) is 23.6 Å². The number of hydrogen-bond acceptors (Lipinski definition) is 2. The molecule has 3 heteroatoms. The summed E-state index contributed by atoms with van der Waals surface area (Å²) in [6.45, 7) is 2.84. The third kappa shape index (κ3) is 1.93. The van der Waals surface area contributed by atoms with E-state index < -0.39 is 0 Å². The third-order valence-corrected chi connectivity index (χ3v) is 1.15. The predicted molar refractivity (Wildman–Crippen MR) is 32.1 cm³/mol. The van der Waals surface area contributed by atoms with Crippen LogP contribution in [0.2, 0.25) is 0 Å². The maximum absolute atomic E-state index is 9.99. The lowest BCUT2D eigenvalue weighted by atomic mass is 10.7. The van der Waals surface area contributed by atoms with E-state index in [1.165, 1.54) is 5.01 Å². The molecule has 0 aromatic rings. The summed E-state index contributed by atoms with van der Waals surface area (Å²) in [5.41, 5.74) is 0. The van der Waals surface area contributed by atoms with Crippen LogP contribution in [0.25, 0.3) is 0 Å². The minimum atomic E-state index is 0.781. The fourth-order valence-corrected chi connectivity index (χ4v) is 0.304. The number of hydrazine groups is 1. The zero-order valence-corrected chi connectivity index (χ0v) is 5.59. The van der Waals surface area contributed by atoms with Crippen molar-refractivity contribution in [2.24, 2.45) is 0 Å². The molecule has 0 rings (SSSR count). The van der Waals surface area contributed by atoms with Gasteiger partial charge in [0.25, 0.3) is 0 Å². The summed E-state index contributed by atoms with van der Waals surface area (Å²) in [5.74, 6) is 0. The van der Waals surface area contributed by atoms with E-state index in [0.29, 0.717) is 0 Å². The largest absolute Gasteiger partial charge is 0.281 e. The molecule has 0 spiro atoms. The summed E-state index contributed by atoms with van der Waals surface area (Å²) in [5, 5.41) is 3.31. The molecule has 0 heterocycles. The van der Waals surface area contributed by atoms with E-state index >= 15 is 0 Å². The zero-order chi connectivity index (χ0) is 6.57. The average Bonchev–Trinajstić information content (AvgIpc) is 1.84. The second kappa shape index (κ2) is 3.43. The molecule has 0 N–H and O–H groups in total. The van der Waals surface area contributed by atoms with Crippen LogP contribution in [0.5, 0.6) is 0 Å². The maximum Gasteiger partial charge on any atom is 0.223 e. The summed E-state index contributed by atoms with van der Waals surface area (Å²) in [6, 6.07) is 0. The Kier molecular flexibility index (Phi) is 3.19. The van der Waals surface area contributed by atoms with Gasteiger partial charge in [0.15, 0.2) is 0 Å². The van der Waals surface area contributed by atoms with E-state index in [1.54, 1.807) is 7.05 Å². The zero-order valence-electron chi connectivity index (χ0n) is 5.59. The third-order valence-electron chi connectivity index (χ3n) is 1.15. The maximum atomic E-state index is 9.99. The van der Waals surface area contributed by atoms with Gasteiger partial charge >= 0.3 is 0 Å². The first-order valence-corrected chi connectivity index (χ1v) is 2.61. The van der Waals surface area contributed by atoms with E-state index in [4.69, 9.17) is 0 Å². The molecular formula is C5H12N2O. The molecule has 0 saturated heterocycles. The molecular weight excluding hydrogens is 104 g/mol. The standard InChI is InChI=1S/C5H12N2O/c1-4-6(2)7(3)5-8/h5H,4H2,1-3H3. The van der Waals surface area contributed by atoms with Crippen LogP contribution in [0.3, 0.4) is 0 Å². The minimum Gasteiger partial charge on any atom is -0.281 e. The molecule has 0 saturated carbocycles. The van der Waals surface area contributed by atoms with Gasteiger partial charge in [-0.3, -0.25) is 9.80 Å². The van der Waals surface area contributed by atoms with Crippen molar-refractivity contribution >= 4 is 6.41 Å². The molecule has 0 aliphatic rings. The van der Waals surface area contributed by atoms with Crippen LogP contribution >= 0.6 is 0 Å². The van der Waals surface area contributed by atoms with Gasteiger partial charge in [-0.15, -0.1) is 0 Å². The molecule has 0 atom stereocenters. The number of amides is 1. The molecule has 0 aliphatic heterocycles. The second-order valence-corrected chi connectivity index (χ2v) is 1.65. The van der Waals surface area contributed by atoms with Crippen molar-refractivity contribution in [2.75, 3.05) is 20.6 Å². The van der Waals surface area contributed by atoms with Crippen LogP contribution < -0.4 is 0 Å². The van der Waals surface area contributed by atoms with Gasteiger partial charge in [0.2, 0.25) is 6.41 Å². The van der Waals surface area contributed by atoms with Crippen molar-refractivity contribution in [1.82, 2.24) is 10.0 Å². The van der Waals surface area contributed by atoms with Gasteiger partial charge in [0.05, 0.1) is 0 Å². The number of rotatable bonds is 3. The number of hydrogen-bond donors (Lipinski definition) is 0. The van der Waals surface area contributed by atoms with Crippen molar-refractivity contribution in [2.45, 2.75) is 6.92 Å². The SMILES string of the molecule is CCN(C)N(C)C=O. The highest BCUT2D eigenvalue weighted by Crippen LogP contribution is 1.81. The Labute approximate surface area is 49.9 Å². The van der Waals surface area contributed by atoms with Gasteiger partial charge in [-0.2, -0.15) is 0 Å². The molecule has 8 heavy (non-hydrogen) atoms. The first-order valence-electron chi connectivity index (χ1n) is 2.61. The Morgan fingerprint density at radius 3 is 2.12 bits per heavy atom. The summed E-state index contributed by atoms with van der Waals surface area (Å²) in [4.78, 5) is 9.99. The molecule has 0 fully saturated rings. The van der Waals surface area contributed by atoms with Gasteiger partial charge in [-0.25, -0.2) is 5.01 Å². The molecule has 0 unspecified atom stereocenters. The van der Waals surface area contributed by atoms with Gasteiger partial charge in [-0.1, -0.05) is 6.92 Å². The first-order chi connectivity index (χ1) is 3.72. The summed E-state index contributed by atoms with van der Waals surface area (Å²) in [7, 11) is 3.57. The van der Waals surface area contributed by atoms with E-state index in [1.807, 2.05) is 19.0 Å². The van der Waals surface area contributed by atoms with Crippen molar-refractivity contribution in [3.63, 3.8) is 0 Å². The molecule has 3 nitrogen and oxygen atoms in total. The Hall–Kier alpha value is -0.570. The average molecular weight is 116 g/mol. The lowest BCUT2D eigenvalue weighted by molar-refractivity contribution is -0.128. The molecule has 0 aromatic heterocycles. The van der Waals surface area contributed by atoms with Crippen molar-refractivity contribution in [3.05, 3.63) is 0 Å². The Morgan fingerprint density at radius 2 is 2.00 bits per heavy atom. The van der Waals surface area contributed by atoms with Gasteiger partial charge in [-0.05, 0) is 0 Å². The molecule has 0 radical (unpaired) electrons. The Balaban J connectivity index is 3.44. The summed E-state index contributed by atoms with van der Waals surface area (Å²) in [6.07, 6.45) is 0.781. The smallest absolute Gasteiger partial charge is 0.223 e. The quantitative estimate of drug-likeness (QED) is 0.381. The second-order valence-electron chi connectivity index (χ2n) is 1.65. The van der Waals surface area contributed by atoms with Gasteiger partial charge in [0, 0.05) is 20.6 Å². The van der Waals surface area contributed by atoms with Crippen molar-refractivity contribution in [3.8, 4) is 0 Å². The minimum absolute atomic E-state index is 0.781. The van der Waals surface area contributed by atoms with Crippen LogP contribution in [0.4, 0.5) is 0 Å². The fraction of sp³-hybridized carbons (Fsp3) is 0.800. The monoisotopic (exact) mass is 116 g/mol. The van der Waals surface area contributed by atoms with Crippen LogP contribution in [0.15, 0.2) is 0 Å². The highest BCUT2D eigenvalue weighted by Gasteiger charge is 1.95. The van der Waals surface area contributed by atoms with Crippen LogP contribution in [-0.4, -0.2) is 37.1 Å². The highest BCUT2D eigenvalue weighted by atomic mass is 16.1. The van der Waals surface area contributed by atoms with Crippen molar-refractivity contribution in [1.29, 1.82) is 0 Å². The molecule has 48 valence electrons.